The zero-order valence-electron chi connectivity index (χ0n) is 11.0. The third-order valence-corrected chi connectivity index (χ3v) is 4.29. The van der Waals surface area contributed by atoms with E-state index in [9.17, 15) is 8.42 Å². The summed E-state index contributed by atoms with van der Waals surface area (Å²) in [4.78, 5) is 0.359. The van der Waals surface area contributed by atoms with Crippen molar-refractivity contribution < 1.29 is 27.3 Å². The maximum Gasteiger partial charge on any atom is 1.00 e. The summed E-state index contributed by atoms with van der Waals surface area (Å²) in [6.45, 7) is 0. The summed E-state index contributed by atoms with van der Waals surface area (Å²) in [6.07, 6.45) is 1.27. The van der Waals surface area contributed by atoms with Gasteiger partial charge in [-0.3, -0.25) is 8.42 Å². The summed E-state index contributed by atoms with van der Waals surface area (Å²) in [7, 11) is -3.26. The Balaban J connectivity index is 0.00000180. The van der Waals surface area contributed by atoms with E-state index >= 15 is 0 Å². The molecule has 0 radical (unpaired) electrons. The normalized spacial score (nSPS) is 10.7. The second-order valence-corrected chi connectivity index (χ2v) is 5.94. The van der Waals surface area contributed by atoms with Crippen molar-refractivity contribution in [3.63, 3.8) is 0 Å². The molecule has 19 heavy (non-hydrogen) atoms. The van der Waals surface area contributed by atoms with E-state index in [1.807, 2.05) is 36.4 Å². The van der Waals surface area contributed by atoms with Crippen LogP contribution in [0.3, 0.4) is 0 Å². The monoisotopic (exact) mass is 266 g/mol. The van der Waals surface area contributed by atoms with Crippen molar-refractivity contribution in [3.8, 4) is 0 Å². The number of benzene rings is 2. The predicted octanol–water partition coefficient (Wildman–Crippen LogP) is 0.259. The van der Waals surface area contributed by atoms with Crippen molar-refractivity contribution >= 4 is 9.84 Å². The van der Waals surface area contributed by atoms with Crippen LogP contribution in [0.2, 0.25) is 0 Å². The van der Waals surface area contributed by atoms with E-state index in [2.05, 4.69) is 0 Å². The Kier molecular flexibility index (Phi) is 6.37. The molecule has 94 valence electrons. The fraction of sp³-hybridized carbons (Fsp3) is 0.133. The topological polar surface area (TPSA) is 34.1 Å². The minimum Gasteiger partial charge on any atom is -0.257 e. The van der Waals surface area contributed by atoms with Crippen LogP contribution in [0.25, 0.3) is 0 Å². The Morgan fingerprint density at radius 3 is 1.95 bits per heavy atom. The van der Waals surface area contributed by atoms with Gasteiger partial charge in [0.05, 0.1) is 9.84 Å². The number of sulfone groups is 1. The van der Waals surface area contributed by atoms with E-state index in [0.717, 1.165) is 12.0 Å². The molecule has 0 amide bonds. The summed E-state index contributed by atoms with van der Waals surface area (Å²) in [5.74, 6) is 1.40. The second kappa shape index (κ2) is 7.55. The molecule has 0 aromatic heterocycles. The van der Waals surface area contributed by atoms with Crippen LogP contribution in [-0.4, -0.2) is 8.42 Å². The Morgan fingerprint density at radius 2 is 1.37 bits per heavy atom. The molecule has 0 atom stereocenters. The van der Waals surface area contributed by atoms with Crippen LogP contribution in [0.1, 0.15) is 12.0 Å². The largest absolute Gasteiger partial charge is 1.00 e. The fourth-order valence-corrected chi connectivity index (χ4v) is 2.89. The van der Waals surface area contributed by atoms with Crippen LogP contribution < -0.4 is 18.9 Å². The molecular weight excluding hydrogens is 251 g/mol. The zero-order valence-corrected chi connectivity index (χ0v) is 11.8. The van der Waals surface area contributed by atoms with Gasteiger partial charge in [0.25, 0.3) is 0 Å². The van der Waals surface area contributed by atoms with Crippen molar-refractivity contribution in [2.45, 2.75) is 17.7 Å². The van der Waals surface area contributed by atoms with E-state index in [-0.39, 0.29) is 18.9 Å². The van der Waals surface area contributed by atoms with Gasteiger partial charge in [-0.1, -0.05) is 60.5 Å². The number of hydrogen-bond donors (Lipinski definition) is 0. The first-order valence-corrected chi connectivity index (χ1v) is 7.40. The summed E-state index contributed by atoms with van der Waals surface area (Å²) in [5.41, 5.74) is 1.15. The molecule has 0 unspecified atom stereocenters. The average molecular weight is 266 g/mol. The first-order chi connectivity index (χ1) is 8.68. The van der Waals surface area contributed by atoms with Crippen LogP contribution in [0.5, 0.6) is 0 Å². The molecule has 0 aliphatic rings. The molecule has 2 nitrogen and oxygen atoms in total. The smallest absolute Gasteiger partial charge is 0.257 e. The van der Waals surface area contributed by atoms with Crippen LogP contribution in [-0.2, 0) is 16.3 Å². The van der Waals surface area contributed by atoms with Crippen molar-refractivity contribution in [1.29, 1.82) is 0 Å². The van der Waals surface area contributed by atoms with Crippen LogP contribution >= 0.6 is 0 Å². The van der Waals surface area contributed by atoms with Gasteiger partial charge in [0.15, 0.2) is 0 Å². The first-order valence-electron chi connectivity index (χ1n) is 5.86. The molecule has 0 fully saturated rings. The molecule has 0 spiro atoms. The summed E-state index contributed by atoms with van der Waals surface area (Å²) in [5, 5.41) is 0. The maximum absolute atomic E-state index is 12.0. The van der Waals surface area contributed by atoms with Crippen LogP contribution in [0.15, 0.2) is 65.6 Å². The third kappa shape index (κ3) is 4.87. The third-order valence-electron chi connectivity index (χ3n) is 2.68. The Morgan fingerprint density at radius 1 is 0.842 bits per heavy atom. The van der Waals surface area contributed by atoms with Crippen molar-refractivity contribution in [2.75, 3.05) is 0 Å². The standard InChI is InChI=1S/C15H15O2S.Li/c16-18(17,15-11-5-2-6-12-15)13-7-10-14-8-3-1-4-9-14;/h1-6,8-9,11-13H,7,10H2;/q-1;+1. The molecule has 2 aromatic rings. The first kappa shape index (κ1) is 16.0. The summed E-state index contributed by atoms with van der Waals surface area (Å²) in [6, 6.07) is 18.4. The van der Waals surface area contributed by atoms with Crippen molar-refractivity contribution in [2.24, 2.45) is 0 Å². The molecular formula is C15H15LiO2S. The molecule has 0 saturated carbocycles. The molecule has 0 saturated heterocycles. The van der Waals surface area contributed by atoms with E-state index in [0.29, 0.717) is 11.3 Å². The average Bonchev–Trinajstić information content (AvgIpc) is 2.41. The van der Waals surface area contributed by atoms with Crippen molar-refractivity contribution in [1.82, 2.24) is 0 Å². The molecule has 0 aliphatic heterocycles. The van der Waals surface area contributed by atoms with Gasteiger partial charge in [-0.05, 0) is 12.1 Å². The molecule has 0 heterocycles. The Labute approximate surface area is 127 Å². The minimum atomic E-state index is -3.26. The van der Waals surface area contributed by atoms with Gasteiger partial charge in [-0.2, -0.15) is 6.42 Å². The zero-order chi connectivity index (χ0) is 12.8. The molecule has 0 aliphatic carbocycles. The van der Waals surface area contributed by atoms with E-state index in [1.165, 1.54) is 5.75 Å². The molecule has 0 N–H and O–H groups in total. The van der Waals surface area contributed by atoms with Gasteiger partial charge in [-0.15, -0.1) is 0 Å². The second-order valence-electron chi connectivity index (χ2n) is 4.05. The maximum atomic E-state index is 12.0. The van der Waals surface area contributed by atoms with Gasteiger partial charge in [-0.25, -0.2) is 5.75 Å². The van der Waals surface area contributed by atoms with E-state index in [4.69, 9.17) is 0 Å². The van der Waals surface area contributed by atoms with Crippen molar-refractivity contribution in [3.05, 3.63) is 72.0 Å². The molecule has 2 rings (SSSR count). The van der Waals surface area contributed by atoms with E-state index in [1.54, 1.807) is 24.3 Å². The van der Waals surface area contributed by atoms with Gasteiger partial charge in [0, 0.05) is 4.90 Å². The quantitative estimate of drug-likeness (QED) is 0.574. The Hall–Kier alpha value is -1.01. The summed E-state index contributed by atoms with van der Waals surface area (Å²) < 4.78 is 23.9. The predicted molar refractivity (Wildman–Crippen MR) is 72.7 cm³/mol. The SMILES string of the molecule is O=S(=O)([CH-]CCc1ccccc1)c1ccccc1.[Li+]. The van der Waals surface area contributed by atoms with Crippen LogP contribution in [0, 0.1) is 5.75 Å². The van der Waals surface area contributed by atoms with Crippen LogP contribution in [0.4, 0.5) is 0 Å². The summed E-state index contributed by atoms with van der Waals surface area (Å²) >= 11 is 0. The fourth-order valence-electron chi connectivity index (χ4n) is 1.73. The van der Waals surface area contributed by atoms with E-state index < -0.39 is 9.84 Å². The molecule has 2 aromatic carbocycles. The number of aryl methyl sites for hydroxylation is 1. The van der Waals surface area contributed by atoms with Gasteiger partial charge >= 0.3 is 18.9 Å². The van der Waals surface area contributed by atoms with Gasteiger partial charge in [0.1, 0.15) is 0 Å². The Bertz CT molecular complexity index is 580. The molecule has 4 heteroatoms. The molecule has 0 bridgehead atoms. The van der Waals surface area contributed by atoms with Gasteiger partial charge in [0.2, 0.25) is 0 Å². The number of hydrogen-bond acceptors (Lipinski definition) is 2. The van der Waals surface area contributed by atoms with Gasteiger partial charge < -0.3 is 0 Å². The number of rotatable bonds is 5. The minimum absolute atomic E-state index is 0.